The largest absolute Gasteiger partial charge is 0.453 e. The summed E-state index contributed by atoms with van der Waals surface area (Å²) in [5, 5.41) is 26.0. The van der Waals surface area contributed by atoms with E-state index < -0.39 is 17.8 Å². The SMILES string of the molecule is COC(=O)NCCC[C@@](O)(c1cccc(Cl)c1Cc1cccc(C)c1)C1CCCN(C(=O)[C@H]2C[C@@H](N)[C@@H](O)C2)C1. The zero-order valence-electron chi connectivity index (χ0n) is 23.4. The molecule has 2 fully saturated rings. The van der Waals surface area contributed by atoms with E-state index in [9.17, 15) is 19.8 Å². The molecular weight excluding hydrogens is 530 g/mol. The van der Waals surface area contributed by atoms with E-state index >= 15 is 0 Å². The third-order valence-corrected chi connectivity index (χ3v) is 8.93. The Labute approximate surface area is 241 Å². The minimum absolute atomic E-state index is 0.00233. The van der Waals surface area contributed by atoms with E-state index in [-0.39, 0.29) is 23.8 Å². The van der Waals surface area contributed by atoms with Crippen LogP contribution in [0.5, 0.6) is 0 Å². The molecule has 2 aromatic carbocycles. The summed E-state index contributed by atoms with van der Waals surface area (Å²) in [6.07, 6.45) is 2.62. The van der Waals surface area contributed by atoms with E-state index in [1.165, 1.54) is 7.11 Å². The molecule has 218 valence electrons. The van der Waals surface area contributed by atoms with Crippen molar-refractivity contribution in [2.75, 3.05) is 26.7 Å². The van der Waals surface area contributed by atoms with Gasteiger partial charge < -0.3 is 30.9 Å². The molecule has 1 saturated heterocycles. The van der Waals surface area contributed by atoms with Crippen molar-refractivity contribution < 1.29 is 24.5 Å². The van der Waals surface area contributed by atoms with Crippen LogP contribution in [0.2, 0.25) is 5.02 Å². The predicted octanol–water partition coefficient (Wildman–Crippen LogP) is 3.90. The van der Waals surface area contributed by atoms with Gasteiger partial charge in [0.05, 0.1) is 18.8 Å². The molecule has 0 radical (unpaired) electrons. The third-order valence-electron chi connectivity index (χ3n) is 8.57. The van der Waals surface area contributed by atoms with Crippen LogP contribution in [0.3, 0.4) is 0 Å². The van der Waals surface area contributed by atoms with Gasteiger partial charge in [-0.3, -0.25) is 4.79 Å². The molecular formula is C31H42ClN3O5. The second-order valence-corrected chi connectivity index (χ2v) is 11.8. The number of alkyl carbamates (subject to hydrolysis) is 1. The van der Waals surface area contributed by atoms with Gasteiger partial charge in [-0.15, -0.1) is 0 Å². The number of nitrogens with zero attached hydrogens (tertiary/aromatic N) is 1. The number of amides is 2. The van der Waals surface area contributed by atoms with E-state index in [0.717, 1.165) is 35.1 Å². The summed E-state index contributed by atoms with van der Waals surface area (Å²) < 4.78 is 4.70. The van der Waals surface area contributed by atoms with Crippen LogP contribution in [0.15, 0.2) is 42.5 Å². The zero-order valence-corrected chi connectivity index (χ0v) is 24.2. The van der Waals surface area contributed by atoms with Crippen molar-refractivity contribution in [3.05, 3.63) is 69.7 Å². The number of aliphatic hydroxyl groups is 2. The van der Waals surface area contributed by atoms with Gasteiger partial charge in [-0.25, -0.2) is 4.79 Å². The summed E-state index contributed by atoms with van der Waals surface area (Å²) in [5.41, 5.74) is 8.59. The lowest BCUT2D eigenvalue weighted by Gasteiger charge is -2.44. The summed E-state index contributed by atoms with van der Waals surface area (Å²) in [7, 11) is 1.32. The molecule has 1 heterocycles. The average molecular weight is 572 g/mol. The van der Waals surface area contributed by atoms with Crippen LogP contribution >= 0.6 is 11.6 Å². The van der Waals surface area contributed by atoms with Crippen molar-refractivity contribution in [2.24, 2.45) is 17.6 Å². The van der Waals surface area contributed by atoms with E-state index in [1.807, 2.05) is 42.2 Å². The van der Waals surface area contributed by atoms with Crippen LogP contribution in [-0.4, -0.2) is 66.0 Å². The summed E-state index contributed by atoms with van der Waals surface area (Å²) in [4.78, 5) is 26.9. The number of halogens is 1. The van der Waals surface area contributed by atoms with Gasteiger partial charge in [-0.05, 0) is 74.6 Å². The second kappa shape index (κ2) is 13.3. The first-order valence-corrected chi connectivity index (χ1v) is 14.6. The minimum Gasteiger partial charge on any atom is -0.453 e. The van der Waals surface area contributed by atoms with Gasteiger partial charge in [-0.1, -0.05) is 53.6 Å². The maximum Gasteiger partial charge on any atom is 0.406 e. The van der Waals surface area contributed by atoms with Crippen LogP contribution in [0.25, 0.3) is 0 Å². The Hall–Kier alpha value is -2.65. The molecule has 0 aromatic heterocycles. The molecule has 8 nitrogen and oxygen atoms in total. The average Bonchev–Trinajstić information content (AvgIpc) is 3.29. The molecule has 2 aromatic rings. The number of rotatable bonds is 9. The number of hydrogen-bond donors (Lipinski definition) is 4. The lowest BCUT2D eigenvalue weighted by atomic mass is 9.72. The molecule has 1 aliphatic carbocycles. The zero-order chi connectivity index (χ0) is 28.9. The fourth-order valence-corrected chi connectivity index (χ4v) is 6.67. The Bertz CT molecular complexity index is 1180. The number of ether oxygens (including phenoxy) is 1. The van der Waals surface area contributed by atoms with Crippen LogP contribution in [0, 0.1) is 18.8 Å². The van der Waals surface area contributed by atoms with E-state index in [0.29, 0.717) is 56.8 Å². The number of likely N-dealkylation sites (tertiary alicyclic amines) is 1. The molecule has 9 heteroatoms. The van der Waals surface area contributed by atoms with Gasteiger partial charge in [-0.2, -0.15) is 0 Å². The summed E-state index contributed by atoms with van der Waals surface area (Å²) in [5.74, 6) is -0.542. The van der Waals surface area contributed by atoms with Crippen LogP contribution < -0.4 is 11.1 Å². The van der Waals surface area contributed by atoms with Crippen LogP contribution in [0.1, 0.15) is 60.8 Å². The molecule has 5 atom stereocenters. The first-order chi connectivity index (χ1) is 19.1. The Morgan fingerprint density at radius 3 is 2.70 bits per heavy atom. The van der Waals surface area contributed by atoms with Crippen molar-refractivity contribution in [1.82, 2.24) is 10.2 Å². The lowest BCUT2D eigenvalue weighted by Crippen LogP contribution is -2.50. The highest BCUT2D eigenvalue weighted by Crippen LogP contribution is 2.43. The van der Waals surface area contributed by atoms with Crippen molar-refractivity contribution in [1.29, 1.82) is 0 Å². The standard InChI is InChI=1S/C31H42ClN3O5/c1-20-7-3-8-21(15-20)16-24-25(10-4-11-26(24)32)31(39,12-6-13-34-30(38)40-2)23-9-5-14-35(19-23)29(37)22-17-27(33)28(36)18-22/h3-4,7-8,10-11,15,22-23,27-28,36,39H,5-6,9,12-14,16-19,33H2,1-2H3,(H,34,38)/t22-,23?,27+,28-,31-/m0/s1. The van der Waals surface area contributed by atoms with Crippen molar-refractivity contribution in [2.45, 2.75) is 69.6 Å². The van der Waals surface area contributed by atoms with Gasteiger partial charge in [0.2, 0.25) is 5.91 Å². The quantitative estimate of drug-likeness (QED) is 0.338. The Balaban J connectivity index is 1.64. The summed E-state index contributed by atoms with van der Waals surface area (Å²) in [6, 6.07) is 13.5. The second-order valence-electron chi connectivity index (χ2n) is 11.4. The molecule has 2 aliphatic rings. The van der Waals surface area contributed by atoms with Gasteiger partial charge >= 0.3 is 6.09 Å². The van der Waals surface area contributed by atoms with Gasteiger partial charge in [0.15, 0.2) is 0 Å². The Morgan fingerprint density at radius 2 is 2.00 bits per heavy atom. The highest BCUT2D eigenvalue weighted by Gasteiger charge is 2.44. The van der Waals surface area contributed by atoms with Crippen LogP contribution in [-0.2, 0) is 21.6 Å². The fourth-order valence-electron chi connectivity index (χ4n) is 6.42. The maximum absolute atomic E-state index is 13.5. The van der Waals surface area contributed by atoms with Crippen LogP contribution in [0.4, 0.5) is 4.79 Å². The molecule has 5 N–H and O–H groups in total. The van der Waals surface area contributed by atoms with Gasteiger partial charge in [0.25, 0.3) is 0 Å². The Morgan fingerprint density at radius 1 is 1.23 bits per heavy atom. The number of nitrogens with two attached hydrogens (primary N) is 1. The fraction of sp³-hybridized carbons (Fsp3) is 0.548. The number of benzene rings is 2. The third kappa shape index (κ3) is 6.97. The summed E-state index contributed by atoms with van der Waals surface area (Å²) >= 11 is 6.79. The van der Waals surface area contributed by atoms with E-state index in [4.69, 9.17) is 22.1 Å². The Kier molecular flexibility index (Phi) is 10.1. The number of methoxy groups -OCH3 is 1. The normalized spacial score (nSPS) is 24.4. The number of hydrogen-bond acceptors (Lipinski definition) is 6. The number of carbonyl (C=O) groups excluding carboxylic acids is 2. The minimum atomic E-state index is -1.29. The highest BCUT2D eigenvalue weighted by molar-refractivity contribution is 6.31. The highest BCUT2D eigenvalue weighted by atomic mass is 35.5. The van der Waals surface area contributed by atoms with E-state index in [1.54, 1.807) is 0 Å². The first kappa shape index (κ1) is 30.3. The van der Waals surface area contributed by atoms with Crippen molar-refractivity contribution >= 4 is 23.6 Å². The summed E-state index contributed by atoms with van der Waals surface area (Å²) in [6.45, 7) is 3.41. The molecule has 1 aliphatic heterocycles. The smallest absolute Gasteiger partial charge is 0.406 e. The molecule has 1 unspecified atom stereocenters. The molecule has 1 saturated carbocycles. The van der Waals surface area contributed by atoms with Gasteiger partial charge in [0, 0.05) is 42.5 Å². The van der Waals surface area contributed by atoms with Gasteiger partial charge in [0.1, 0.15) is 0 Å². The number of nitrogens with one attached hydrogen (secondary N) is 1. The number of carbonyl (C=O) groups is 2. The topological polar surface area (TPSA) is 125 Å². The van der Waals surface area contributed by atoms with E-state index in [2.05, 4.69) is 17.4 Å². The number of aryl methyl sites for hydroxylation is 1. The molecule has 2 amide bonds. The molecule has 0 bridgehead atoms. The monoisotopic (exact) mass is 571 g/mol. The van der Waals surface area contributed by atoms with Crippen molar-refractivity contribution in [3.63, 3.8) is 0 Å². The first-order valence-electron chi connectivity index (χ1n) is 14.2. The lowest BCUT2D eigenvalue weighted by molar-refractivity contribution is -0.141. The predicted molar refractivity (Wildman–Crippen MR) is 155 cm³/mol. The number of piperidine rings is 1. The molecule has 40 heavy (non-hydrogen) atoms. The molecule has 4 rings (SSSR count). The number of aliphatic hydroxyl groups excluding tert-OH is 1. The maximum atomic E-state index is 13.5. The van der Waals surface area contributed by atoms with Crippen molar-refractivity contribution in [3.8, 4) is 0 Å². The molecule has 0 spiro atoms.